The molecule has 5 nitrogen and oxygen atoms in total. The Balaban J connectivity index is 0.00000280. The van der Waals surface area contributed by atoms with Crippen LogP contribution in [-0.2, 0) is 4.79 Å². The van der Waals surface area contributed by atoms with E-state index in [2.05, 4.69) is 10.6 Å². The molecule has 0 saturated carbocycles. The second-order valence-electron chi connectivity index (χ2n) is 6.81. The first-order valence-electron chi connectivity index (χ1n) is 9.16. The maximum Gasteiger partial charge on any atom is 0.251 e. The van der Waals surface area contributed by atoms with E-state index in [4.69, 9.17) is 0 Å². The molecule has 0 spiro atoms. The minimum Gasteiger partial charge on any atom is -0.349 e. The van der Waals surface area contributed by atoms with Crippen molar-refractivity contribution in [1.29, 1.82) is 0 Å². The van der Waals surface area contributed by atoms with Crippen molar-refractivity contribution in [2.24, 2.45) is 0 Å². The SMILES string of the molecule is CC(CC(=O)N1CCNCC1c1cccc(F)c1)NC(=O)c1ccccc1.Cl. The summed E-state index contributed by atoms with van der Waals surface area (Å²) < 4.78 is 13.6. The van der Waals surface area contributed by atoms with Crippen LogP contribution in [0.5, 0.6) is 0 Å². The first kappa shape index (κ1) is 21.9. The van der Waals surface area contributed by atoms with Gasteiger partial charge in [0.05, 0.1) is 6.04 Å². The van der Waals surface area contributed by atoms with Crippen LogP contribution in [0, 0.1) is 5.82 Å². The van der Waals surface area contributed by atoms with E-state index in [0.717, 1.165) is 5.56 Å². The van der Waals surface area contributed by atoms with Gasteiger partial charge in [0.25, 0.3) is 5.91 Å². The highest BCUT2D eigenvalue weighted by Gasteiger charge is 2.29. The van der Waals surface area contributed by atoms with Crippen LogP contribution in [0.2, 0.25) is 0 Å². The molecule has 1 saturated heterocycles. The Labute approximate surface area is 170 Å². The van der Waals surface area contributed by atoms with Crippen molar-refractivity contribution < 1.29 is 14.0 Å². The number of halogens is 2. The lowest BCUT2D eigenvalue weighted by atomic mass is 10.0. The molecular formula is C21H25ClFN3O2. The van der Waals surface area contributed by atoms with Gasteiger partial charge in [-0.2, -0.15) is 0 Å². The average Bonchev–Trinajstić information content (AvgIpc) is 2.68. The van der Waals surface area contributed by atoms with Crippen molar-refractivity contribution in [2.45, 2.75) is 25.4 Å². The summed E-state index contributed by atoms with van der Waals surface area (Å²) in [5.41, 5.74) is 1.34. The molecule has 28 heavy (non-hydrogen) atoms. The minimum absolute atomic E-state index is 0. The molecule has 1 heterocycles. The van der Waals surface area contributed by atoms with Crippen LogP contribution in [0.3, 0.4) is 0 Å². The largest absolute Gasteiger partial charge is 0.349 e. The van der Waals surface area contributed by atoms with Gasteiger partial charge < -0.3 is 15.5 Å². The first-order chi connectivity index (χ1) is 13.0. The summed E-state index contributed by atoms with van der Waals surface area (Å²) in [5, 5.41) is 6.13. The third-order valence-corrected chi connectivity index (χ3v) is 4.69. The fourth-order valence-electron chi connectivity index (χ4n) is 3.34. The third-order valence-electron chi connectivity index (χ3n) is 4.69. The van der Waals surface area contributed by atoms with Crippen LogP contribution in [-0.4, -0.2) is 42.4 Å². The molecule has 0 aliphatic carbocycles. The Morgan fingerprint density at radius 3 is 2.68 bits per heavy atom. The molecule has 7 heteroatoms. The second-order valence-corrected chi connectivity index (χ2v) is 6.81. The molecule has 3 rings (SSSR count). The van der Waals surface area contributed by atoms with Gasteiger partial charge >= 0.3 is 0 Å². The number of hydrogen-bond acceptors (Lipinski definition) is 3. The van der Waals surface area contributed by atoms with Crippen LogP contribution in [0.15, 0.2) is 54.6 Å². The topological polar surface area (TPSA) is 61.4 Å². The summed E-state index contributed by atoms with van der Waals surface area (Å²) in [7, 11) is 0. The number of amides is 2. The Morgan fingerprint density at radius 2 is 1.96 bits per heavy atom. The van der Waals surface area contributed by atoms with Gasteiger partial charge in [-0.1, -0.05) is 30.3 Å². The number of carbonyl (C=O) groups is 2. The van der Waals surface area contributed by atoms with Gasteiger partial charge in [0.2, 0.25) is 5.91 Å². The fourth-order valence-corrected chi connectivity index (χ4v) is 3.34. The quantitative estimate of drug-likeness (QED) is 0.804. The highest BCUT2D eigenvalue weighted by molar-refractivity contribution is 5.94. The van der Waals surface area contributed by atoms with Crippen LogP contribution < -0.4 is 10.6 Å². The van der Waals surface area contributed by atoms with Gasteiger partial charge in [-0.25, -0.2) is 4.39 Å². The number of benzene rings is 2. The Morgan fingerprint density at radius 1 is 1.21 bits per heavy atom. The summed E-state index contributed by atoms with van der Waals surface area (Å²) in [4.78, 5) is 26.9. The monoisotopic (exact) mass is 405 g/mol. The highest BCUT2D eigenvalue weighted by Crippen LogP contribution is 2.24. The van der Waals surface area contributed by atoms with E-state index in [1.807, 2.05) is 19.1 Å². The maximum atomic E-state index is 13.6. The fraction of sp³-hybridized carbons (Fsp3) is 0.333. The van der Waals surface area contributed by atoms with Gasteiger partial charge in [0, 0.05) is 37.7 Å². The lowest BCUT2D eigenvalue weighted by Gasteiger charge is -2.37. The summed E-state index contributed by atoms with van der Waals surface area (Å²) >= 11 is 0. The standard InChI is InChI=1S/C21H24FN3O2.ClH/c1-15(24-21(27)16-6-3-2-4-7-16)12-20(26)25-11-10-23-14-19(25)17-8-5-9-18(22)13-17;/h2-9,13,15,19,23H,10-12,14H2,1H3,(H,24,27);1H. The highest BCUT2D eigenvalue weighted by atomic mass is 35.5. The van der Waals surface area contributed by atoms with E-state index in [0.29, 0.717) is 25.2 Å². The van der Waals surface area contributed by atoms with Crippen molar-refractivity contribution >= 4 is 24.2 Å². The van der Waals surface area contributed by atoms with Gasteiger partial charge in [-0.15, -0.1) is 12.4 Å². The van der Waals surface area contributed by atoms with E-state index in [1.54, 1.807) is 35.2 Å². The molecule has 150 valence electrons. The predicted molar refractivity (Wildman–Crippen MR) is 109 cm³/mol. The van der Waals surface area contributed by atoms with Gasteiger partial charge in [0.1, 0.15) is 5.82 Å². The molecule has 2 atom stereocenters. The Hall–Kier alpha value is -2.44. The van der Waals surface area contributed by atoms with Gasteiger partial charge in [-0.3, -0.25) is 9.59 Å². The molecule has 2 aromatic rings. The molecule has 2 aromatic carbocycles. The van der Waals surface area contributed by atoms with E-state index in [1.165, 1.54) is 12.1 Å². The Kier molecular flexibility index (Phi) is 7.96. The van der Waals surface area contributed by atoms with Crippen LogP contribution in [0.25, 0.3) is 0 Å². The van der Waals surface area contributed by atoms with E-state index < -0.39 is 0 Å². The molecular weight excluding hydrogens is 381 g/mol. The predicted octanol–water partition coefficient (Wildman–Crippen LogP) is 2.93. The zero-order valence-electron chi connectivity index (χ0n) is 15.7. The van der Waals surface area contributed by atoms with Crippen LogP contribution in [0.4, 0.5) is 4.39 Å². The van der Waals surface area contributed by atoms with Crippen molar-refractivity contribution in [3.8, 4) is 0 Å². The number of nitrogens with zero attached hydrogens (tertiary/aromatic N) is 1. The molecule has 2 unspecified atom stereocenters. The summed E-state index contributed by atoms with van der Waals surface area (Å²) in [6.07, 6.45) is 0.199. The number of nitrogens with one attached hydrogen (secondary N) is 2. The lowest BCUT2D eigenvalue weighted by molar-refractivity contribution is -0.135. The maximum absolute atomic E-state index is 13.6. The zero-order chi connectivity index (χ0) is 19.2. The normalized spacial score (nSPS) is 17.4. The van der Waals surface area contributed by atoms with E-state index in [-0.39, 0.29) is 48.5 Å². The Bertz CT molecular complexity index is 803. The van der Waals surface area contributed by atoms with Gasteiger partial charge in [-0.05, 0) is 36.8 Å². The van der Waals surface area contributed by atoms with Crippen molar-refractivity contribution in [1.82, 2.24) is 15.5 Å². The average molecular weight is 406 g/mol. The van der Waals surface area contributed by atoms with Crippen molar-refractivity contribution in [2.75, 3.05) is 19.6 Å². The zero-order valence-corrected chi connectivity index (χ0v) is 16.5. The summed E-state index contributed by atoms with van der Waals surface area (Å²) in [6.45, 7) is 3.65. The number of rotatable bonds is 5. The molecule has 1 aliphatic rings. The number of hydrogen-bond donors (Lipinski definition) is 2. The molecule has 1 fully saturated rings. The van der Waals surface area contributed by atoms with Crippen LogP contribution in [0.1, 0.15) is 35.3 Å². The smallest absolute Gasteiger partial charge is 0.251 e. The molecule has 0 radical (unpaired) electrons. The summed E-state index contributed by atoms with van der Waals surface area (Å²) in [5.74, 6) is -0.557. The molecule has 0 aromatic heterocycles. The third kappa shape index (κ3) is 5.53. The molecule has 2 N–H and O–H groups in total. The lowest BCUT2D eigenvalue weighted by Crippen LogP contribution is -2.50. The molecule has 2 amide bonds. The minimum atomic E-state index is -0.311. The first-order valence-corrected chi connectivity index (χ1v) is 9.16. The number of piperazine rings is 1. The summed E-state index contributed by atoms with van der Waals surface area (Å²) in [6, 6.07) is 14.8. The molecule has 0 bridgehead atoms. The van der Waals surface area contributed by atoms with Crippen molar-refractivity contribution in [3.63, 3.8) is 0 Å². The van der Waals surface area contributed by atoms with Gasteiger partial charge in [0.15, 0.2) is 0 Å². The van der Waals surface area contributed by atoms with Crippen molar-refractivity contribution in [3.05, 3.63) is 71.5 Å². The second kappa shape index (κ2) is 10.2. The number of carbonyl (C=O) groups excluding carboxylic acids is 2. The molecule has 1 aliphatic heterocycles. The van der Waals surface area contributed by atoms with E-state index >= 15 is 0 Å². The van der Waals surface area contributed by atoms with Crippen LogP contribution >= 0.6 is 12.4 Å². The van der Waals surface area contributed by atoms with E-state index in [9.17, 15) is 14.0 Å².